The molecule has 0 aliphatic carbocycles. The van der Waals surface area contributed by atoms with Crippen molar-refractivity contribution in [3.63, 3.8) is 0 Å². The molecule has 0 heterocycles. The van der Waals surface area contributed by atoms with Crippen LogP contribution in [0, 0.1) is 6.92 Å². The number of aryl methyl sites for hydroxylation is 1. The Hall–Kier alpha value is -0.730. The third-order valence-electron chi connectivity index (χ3n) is 2.26. The van der Waals surface area contributed by atoms with Crippen molar-refractivity contribution in [3.8, 4) is 5.75 Å². The Bertz CT molecular complexity index is 302. The molecule has 0 atom stereocenters. The van der Waals surface area contributed by atoms with Gasteiger partial charge < -0.3 is 10.5 Å². The Labute approximate surface area is 96.4 Å². The molecule has 15 heavy (non-hydrogen) atoms. The van der Waals surface area contributed by atoms with Gasteiger partial charge in [-0.15, -0.1) is 0 Å². The summed E-state index contributed by atoms with van der Waals surface area (Å²) in [7, 11) is 0. The Morgan fingerprint density at radius 3 is 2.73 bits per heavy atom. The third-order valence-corrected chi connectivity index (χ3v) is 2.67. The molecule has 0 fully saturated rings. The molecule has 2 N–H and O–H groups in total. The smallest absolute Gasteiger partial charge is 0.120 e. The maximum atomic E-state index is 5.98. The van der Waals surface area contributed by atoms with Crippen molar-refractivity contribution in [2.75, 3.05) is 13.2 Å². The molecule has 0 saturated heterocycles. The highest BCUT2D eigenvalue weighted by Gasteiger charge is 1.98. The predicted molar refractivity (Wildman–Crippen MR) is 64.6 cm³/mol. The molecule has 0 aliphatic heterocycles. The Kier molecular flexibility index (Phi) is 5.51. The third kappa shape index (κ3) is 4.54. The number of rotatable bonds is 6. The molecule has 0 radical (unpaired) electrons. The number of unbranched alkanes of at least 4 members (excludes halogenated alkanes) is 2. The lowest BCUT2D eigenvalue weighted by atomic mass is 10.2. The molecule has 0 aliphatic rings. The van der Waals surface area contributed by atoms with Crippen LogP contribution >= 0.6 is 11.6 Å². The fourth-order valence-corrected chi connectivity index (χ4v) is 1.45. The number of benzene rings is 1. The summed E-state index contributed by atoms with van der Waals surface area (Å²) in [5.74, 6) is 0.846. The number of halogens is 1. The summed E-state index contributed by atoms with van der Waals surface area (Å²) in [6.07, 6.45) is 3.23. The highest BCUT2D eigenvalue weighted by molar-refractivity contribution is 6.31. The molecular weight excluding hydrogens is 210 g/mol. The van der Waals surface area contributed by atoms with Gasteiger partial charge in [0.1, 0.15) is 5.75 Å². The van der Waals surface area contributed by atoms with Gasteiger partial charge in [-0.3, -0.25) is 0 Å². The van der Waals surface area contributed by atoms with Crippen molar-refractivity contribution in [1.29, 1.82) is 0 Å². The molecule has 1 aromatic rings. The van der Waals surface area contributed by atoms with Crippen molar-refractivity contribution in [2.24, 2.45) is 5.73 Å². The van der Waals surface area contributed by atoms with E-state index in [1.54, 1.807) is 0 Å². The maximum Gasteiger partial charge on any atom is 0.120 e. The first-order valence-corrected chi connectivity index (χ1v) is 5.71. The molecule has 0 unspecified atom stereocenters. The van der Waals surface area contributed by atoms with E-state index in [9.17, 15) is 0 Å². The molecule has 2 nitrogen and oxygen atoms in total. The van der Waals surface area contributed by atoms with Crippen LogP contribution in [-0.4, -0.2) is 13.2 Å². The summed E-state index contributed by atoms with van der Waals surface area (Å²) >= 11 is 5.98. The molecule has 0 aromatic heterocycles. The molecule has 0 bridgehead atoms. The monoisotopic (exact) mass is 227 g/mol. The van der Waals surface area contributed by atoms with Gasteiger partial charge in [-0.2, -0.15) is 0 Å². The average Bonchev–Trinajstić information content (AvgIpc) is 2.23. The minimum atomic E-state index is 0.736. The van der Waals surface area contributed by atoms with Crippen molar-refractivity contribution in [1.82, 2.24) is 0 Å². The van der Waals surface area contributed by atoms with Crippen LogP contribution in [0.15, 0.2) is 18.2 Å². The molecule has 0 saturated carbocycles. The van der Waals surface area contributed by atoms with Crippen LogP contribution in [0.5, 0.6) is 5.75 Å². The lowest BCUT2D eigenvalue weighted by Crippen LogP contribution is -2.01. The summed E-state index contributed by atoms with van der Waals surface area (Å²) in [5.41, 5.74) is 6.48. The maximum absolute atomic E-state index is 5.98. The Morgan fingerprint density at radius 1 is 1.27 bits per heavy atom. The summed E-state index contributed by atoms with van der Waals surface area (Å²) in [4.78, 5) is 0. The van der Waals surface area contributed by atoms with E-state index in [0.717, 1.165) is 48.7 Å². The van der Waals surface area contributed by atoms with Gasteiger partial charge in [-0.25, -0.2) is 0 Å². The summed E-state index contributed by atoms with van der Waals surface area (Å²) in [5, 5.41) is 0.759. The molecule has 0 amide bonds. The summed E-state index contributed by atoms with van der Waals surface area (Å²) in [6, 6.07) is 5.78. The standard InChI is InChI=1S/C12H18ClNO/c1-10-5-6-11(9-12(10)13)15-8-4-2-3-7-14/h5-6,9H,2-4,7-8,14H2,1H3. The van der Waals surface area contributed by atoms with E-state index < -0.39 is 0 Å². The van der Waals surface area contributed by atoms with E-state index in [4.69, 9.17) is 22.1 Å². The first kappa shape index (κ1) is 12.3. The molecule has 1 rings (SSSR count). The second kappa shape index (κ2) is 6.70. The second-order valence-corrected chi connectivity index (χ2v) is 4.02. The van der Waals surface area contributed by atoms with Gasteiger partial charge in [0.2, 0.25) is 0 Å². The normalized spacial score (nSPS) is 10.3. The topological polar surface area (TPSA) is 35.2 Å². The van der Waals surface area contributed by atoms with Crippen LogP contribution < -0.4 is 10.5 Å². The zero-order chi connectivity index (χ0) is 11.1. The fraction of sp³-hybridized carbons (Fsp3) is 0.500. The number of nitrogens with two attached hydrogens (primary N) is 1. The van der Waals surface area contributed by atoms with Crippen LogP contribution in [0.25, 0.3) is 0 Å². The van der Waals surface area contributed by atoms with Crippen LogP contribution in [0.1, 0.15) is 24.8 Å². The number of hydrogen-bond acceptors (Lipinski definition) is 2. The van der Waals surface area contributed by atoms with E-state index in [2.05, 4.69) is 0 Å². The predicted octanol–water partition coefficient (Wildman–Crippen LogP) is 3.16. The molecule has 0 spiro atoms. The van der Waals surface area contributed by atoms with Crippen molar-refractivity contribution in [3.05, 3.63) is 28.8 Å². The first-order chi connectivity index (χ1) is 7.24. The van der Waals surface area contributed by atoms with E-state index in [-0.39, 0.29) is 0 Å². The van der Waals surface area contributed by atoms with Gasteiger partial charge in [0.25, 0.3) is 0 Å². The molecule has 3 heteroatoms. The van der Waals surface area contributed by atoms with Gasteiger partial charge in [0.15, 0.2) is 0 Å². The first-order valence-electron chi connectivity index (χ1n) is 5.33. The summed E-state index contributed by atoms with van der Waals surface area (Å²) in [6.45, 7) is 3.48. The summed E-state index contributed by atoms with van der Waals surface area (Å²) < 4.78 is 5.56. The largest absolute Gasteiger partial charge is 0.494 e. The Morgan fingerprint density at radius 2 is 2.07 bits per heavy atom. The highest BCUT2D eigenvalue weighted by Crippen LogP contribution is 2.21. The number of hydrogen-bond donors (Lipinski definition) is 1. The molecular formula is C12H18ClNO. The lowest BCUT2D eigenvalue weighted by Gasteiger charge is -2.07. The zero-order valence-corrected chi connectivity index (χ0v) is 9.89. The van der Waals surface area contributed by atoms with Crippen LogP contribution in [0.3, 0.4) is 0 Å². The van der Waals surface area contributed by atoms with E-state index in [1.807, 2.05) is 25.1 Å². The Balaban J connectivity index is 2.28. The number of ether oxygens (including phenoxy) is 1. The fourth-order valence-electron chi connectivity index (χ4n) is 1.28. The minimum Gasteiger partial charge on any atom is -0.494 e. The van der Waals surface area contributed by atoms with Crippen LogP contribution in [0.4, 0.5) is 0 Å². The minimum absolute atomic E-state index is 0.736. The van der Waals surface area contributed by atoms with E-state index >= 15 is 0 Å². The average molecular weight is 228 g/mol. The SMILES string of the molecule is Cc1ccc(OCCCCCN)cc1Cl. The highest BCUT2D eigenvalue weighted by atomic mass is 35.5. The van der Waals surface area contributed by atoms with Crippen molar-refractivity contribution >= 4 is 11.6 Å². The quantitative estimate of drug-likeness (QED) is 0.758. The van der Waals surface area contributed by atoms with Gasteiger partial charge in [-0.05, 0) is 50.4 Å². The van der Waals surface area contributed by atoms with Gasteiger partial charge in [-0.1, -0.05) is 17.7 Å². The van der Waals surface area contributed by atoms with Crippen LogP contribution in [-0.2, 0) is 0 Å². The van der Waals surface area contributed by atoms with E-state index in [1.165, 1.54) is 0 Å². The van der Waals surface area contributed by atoms with Crippen LogP contribution in [0.2, 0.25) is 5.02 Å². The van der Waals surface area contributed by atoms with Gasteiger partial charge in [0, 0.05) is 5.02 Å². The van der Waals surface area contributed by atoms with Crippen molar-refractivity contribution in [2.45, 2.75) is 26.2 Å². The lowest BCUT2D eigenvalue weighted by molar-refractivity contribution is 0.305. The van der Waals surface area contributed by atoms with Crippen molar-refractivity contribution < 1.29 is 4.74 Å². The molecule has 1 aromatic carbocycles. The second-order valence-electron chi connectivity index (χ2n) is 3.61. The van der Waals surface area contributed by atoms with Gasteiger partial charge >= 0.3 is 0 Å². The molecule has 84 valence electrons. The van der Waals surface area contributed by atoms with E-state index in [0.29, 0.717) is 0 Å². The zero-order valence-electron chi connectivity index (χ0n) is 9.13. The van der Waals surface area contributed by atoms with Gasteiger partial charge in [0.05, 0.1) is 6.61 Å².